The van der Waals surface area contributed by atoms with Crippen molar-refractivity contribution in [3.05, 3.63) is 0 Å². The van der Waals surface area contributed by atoms with Crippen molar-refractivity contribution in [3.63, 3.8) is 0 Å². The second-order valence-corrected chi connectivity index (χ2v) is 4.17. The van der Waals surface area contributed by atoms with Gasteiger partial charge in [0.1, 0.15) is 6.04 Å². The van der Waals surface area contributed by atoms with Crippen molar-refractivity contribution >= 4 is 13.6 Å². The van der Waals surface area contributed by atoms with Gasteiger partial charge in [-0.3, -0.25) is 9.36 Å². The van der Waals surface area contributed by atoms with Crippen LogP contribution in [0, 0.1) is 0 Å². The van der Waals surface area contributed by atoms with Crippen LogP contribution < -0.4 is 5.73 Å². The maximum absolute atomic E-state index is 10.7. The SMILES string of the molecule is [2H]OP(=O)(O)CCC[C@H](N)C(=O)O. The maximum atomic E-state index is 10.7. The number of carboxylic acids is 1. The van der Waals surface area contributed by atoms with Crippen LogP contribution in [0.1, 0.15) is 12.8 Å². The standard InChI is InChI=1S/C5H12NO5P/c6-4(5(7)8)2-1-3-12(9,10)11/h4H,1-3,6H2,(H,7,8)(H2,9,10,11)/t4-/m0/s1/i/hD. The maximum Gasteiger partial charge on any atom is 0.325 e. The number of nitrogens with two attached hydrogens (primary N) is 1. The summed E-state index contributed by atoms with van der Waals surface area (Å²) in [6, 6.07) is -1.04. The van der Waals surface area contributed by atoms with Crippen LogP contribution in [0.2, 0.25) is 0 Å². The minimum atomic E-state index is -3.84. The molecule has 0 aliphatic heterocycles. The molecule has 0 aromatic heterocycles. The van der Waals surface area contributed by atoms with E-state index in [4.69, 9.17) is 17.2 Å². The van der Waals surface area contributed by atoms with Gasteiger partial charge in [-0.15, -0.1) is 0 Å². The molecule has 0 spiro atoms. The van der Waals surface area contributed by atoms with Crippen molar-refractivity contribution in [3.8, 4) is 0 Å². The Labute approximate surface area is 71.0 Å². The predicted octanol–water partition coefficient (Wildman–Crippen LogP) is -0.644. The first-order valence-electron chi connectivity index (χ1n) is 3.75. The van der Waals surface area contributed by atoms with Gasteiger partial charge in [-0.2, -0.15) is 0 Å². The molecule has 0 aromatic carbocycles. The second kappa shape index (κ2) is 4.57. The minimum absolute atomic E-state index is 0.0866. The highest BCUT2D eigenvalue weighted by Gasteiger charge is 2.16. The molecule has 1 unspecified atom stereocenters. The summed E-state index contributed by atoms with van der Waals surface area (Å²) < 4.78 is 16.9. The van der Waals surface area contributed by atoms with Crippen LogP contribution in [0.15, 0.2) is 0 Å². The lowest BCUT2D eigenvalue weighted by molar-refractivity contribution is -0.138. The number of hydrogen-bond donors (Lipinski definition) is 4. The zero-order valence-corrected chi connectivity index (χ0v) is 7.24. The molecule has 0 bridgehead atoms. The van der Waals surface area contributed by atoms with Gasteiger partial charge < -0.3 is 20.6 Å². The van der Waals surface area contributed by atoms with Crippen LogP contribution in [0.25, 0.3) is 0 Å². The Bertz CT molecular complexity index is 223. The molecule has 72 valence electrons. The largest absolute Gasteiger partial charge is 0.480 e. The summed E-state index contributed by atoms with van der Waals surface area (Å²) in [5.41, 5.74) is 5.13. The van der Waals surface area contributed by atoms with E-state index < -0.39 is 19.6 Å². The monoisotopic (exact) mass is 198 g/mol. The van der Waals surface area contributed by atoms with E-state index in [9.17, 15) is 9.36 Å². The number of aliphatic carboxylic acids is 1. The van der Waals surface area contributed by atoms with Crippen molar-refractivity contribution in [2.24, 2.45) is 5.73 Å². The quantitative estimate of drug-likeness (QED) is 0.421. The Hall–Kier alpha value is -0.420. The normalized spacial score (nSPS) is 19.3. The molecule has 5 N–H and O–H groups in total. The van der Waals surface area contributed by atoms with E-state index in [2.05, 4.69) is 4.90 Å². The average Bonchev–Trinajstić information content (AvgIpc) is 2.04. The number of carbonyl (C=O) groups is 1. The van der Waals surface area contributed by atoms with Crippen LogP contribution in [-0.4, -0.2) is 34.5 Å². The van der Waals surface area contributed by atoms with Gasteiger partial charge >= 0.3 is 13.6 Å². The molecule has 2 atom stereocenters. The van der Waals surface area contributed by atoms with Crippen molar-refractivity contribution in [1.82, 2.24) is 0 Å². The summed E-state index contributed by atoms with van der Waals surface area (Å²) in [7, 11) is -3.84. The van der Waals surface area contributed by atoms with Crippen LogP contribution in [0.5, 0.6) is 0 Å². The average molecular weight is 198 g/mol. The van der Waals surface area contributed by atoms with Crippen LogP contribution in [-0.2, 0) is 9.36 Å². The molecular formula is C5H12NO5P. The molecule has 0 heterocycles. The molecule has 0 fully saturated rings. The van der Waals surface area contributed by atoms with E-state index in [0.29, 0.717) is 0 Å². The zero-order valence-electron chi connectivity index (χ0n) is 7.34. The van der Waals surface area contributed by atoms with E-state index in [1.807, 2.05) is 0 Å². The Kier molecular flexibility index (Phi) is 3.68. The smallest absolute Gasteiger partial charge is 0.325 e. The molecule has 6 nitrogen and oxygen atoms in total. The van der Waals surface area contributed by atoms with Gasteiger partial charge in [0.05, 0.1) is 0 Å². The number of rotatable bonds is 6. The van der Waals surface area contributed by atoms with Gasteiger partial charge in [0, 0.05) is 6.16 Å². The van der Waals surface area contributed by atoms with Crippen LogP contribution in [0.4, 0.5) is 0 Å². The molecule has 0 amide bonds. The van der Waals surface area contributed by atoms with E-state index in [1.165, 1.54) is 0 Å². The van der Waals surface area contributed by atoms with Gasteiger partial charge in [0.25, 0.3) is 0 Å². The van der Waals surface area contributed by atoms with Gasteiger partial charge in [-0.05, 0) is 12.8 Å². The first kappa shape index (κ1) is 9.67. The second-order valence-electron chi connectivity index (χ2n) is 2.45. The van der Waals surface area contributed by atoms with Crippen molar-refractivity contribution in [2.75, 3.05) is 6.16 Å². The fourth-order valence-electron chi connectivity index (χ4n) is 0.634. The van der Waals surface area contributed by atoms with Gasteiger partial charge in [0.15, 0.2) is 0 Å². The third kappa shape index (κ3) is 6.30. The molecule has 7 heteroatoms. The molecule has 0 rings (SSSR count). The van der Waals surface area contributed by atoms with Crippen molar-refractivity contribution in [2.45, 2.75) is 18.9 Å². The highest BCUT2D eigenvalue weighted by molar-refractivity contribution is 7.51. The first-order valence-corrected chi connectivity index (χ1v) is 5.10. The summed E-state index contributed by atoms with van der Waals surface area (Å²) in [6.07, 6.45) is -0.0269. The van der Waals surface area contributed by atoms with Crippen LogP contribution in [0.3, 0.4) is 0 Å². The first-order chi connectivity index (χ1) is 5.89. The van der Waals surface area contributed by atoms with E-state index in [0.717, 1.165) is 0 Å². The molecule has 12 heavy (non-hydrogen) atoms. The zero-order chi connectivity index (χ0) is 10.5. The summed E-state index contributed by atoms with van der Waals surface area (Å²) in [6.45, 7) is 0. The lowest BCUT2D eigenvalue weighted by Gasteiger charge is -2.06. The Morgan fingerprint density at radius 2 is 2.33 bits per heavy atom. The topological polar surface area (TPSA) is 121 Å². The lowest BCUT2D eigenvalue weighted by atomic mass is 10.2. The van der Waals surface area contributed by atoms with Crippen molar-refractivity contribution < 1.29 is 24.3 Å². The fraction of sp³-hybridized carbons (Fsp3) is 0.800. The molecule has 0 saturated carbocycles. The lowest BCUT2D eigenvalue weighted by Crippen LogP contribution is -2.29. The summed E-state index contributed by atoms with van der Waals surface area (Å²) in [5.74, 6) is -1.15. The molecule has 0 aliphatic carbocycles. The molecule has 0 radical (unpaired) electrons. The van der Waals surface area contributed by atoms with E-state index in [-0.39, 0.29) is 19.0 Å². The number of carboxylic acid groups (broad SMARTS) is 1. The number of hydrogen-bond acceptors (Lipinski definition) is 4. The minimum Gasteiger partial charge on any atom is -0.480 e. The summed E-state index contributed by atoms with van der Waals surface area (Å²) in [4.78, 5) is 22.5. The molecule has 0 saturated heterocycles. The van der Waals surface area contributed by atoms with E-state index in [1.54, 1.807) is 0 Å². The highest BCUT2D eigenvalue weighted by atomic mass is 31.2. The Morgan fingerprint density at radius 1 is 1.75 bits per heavy atom. The molecule has 0 aliphatic rings. The summed E-state index contributed by atoms with van der Waals surface area (Å²) >= 11 is 0. The molecule has 0 aromatic rings. The fourth-order valence-corrected chi connectivity index (χ4v) is 1.22. The van der Waals surface area contributed by atoms with Crippen molar-refractivity contribution in [1.29, 1.82) is 1.43 Å². The van der Waals surface area contributed by atoms with Gasteiger partial charge in [-0.25, -0.2) is 0 Å². The Balaban J connectivity index is 3.68. The van der Waals surface area contributed by atoms with Gasteiger partial charge in [0.2, 0.25) is 1.43 Å². The molecular weight excluding hydrogens is 185 g/mol. The third-order valence-corrected chi connectivity index (χ3v) is 2.15. The van der Waals surface area contributed by atoms with E-state index >= 15 is 0 Å². The van der Waals surface area contributed by atoms with Crippen LogP contribution >= 0.6 is 7.60 Å². The Morgan fingerprint density at radius 3 is 2.75 bits per heavy atom. The predicted molar refractivity (Wildman–Crippen MR) is 41.8 cm³/mol. The summed E-state index contributed by atoms with van der Waals surface area (Å²) in [5, 5.41) is 8.34. The highest BCUT2D eigenvalue weighted by Crippen LogP contribution is 2.35. The van der Waals surface area contributed by atoms with Gasteiger partial charge in [-0.1, -0.05) is 0 Å². The third-order valence-electron chi connectivity index (χ3n) is 1.27.